The van der Waals surface area contributed by atoms with Gasteiger partial charge >= 0.3 is 0 Å². The molecule has 2 heterocycles. The van der Waals surface area contributed by atoms with Crippen LogP contribution < -0.4 is 5.32 Å². The maximum atomic E-state index is 13.5. The third-order valence-corrected chi connectivity index (χ3v) is 6.12. The number of aromatic nitrogens is 3. The Morgan fingerprint density at radius 3 is 2.58 bits per heavy atom. The number of nitrogens with zero attached hydrogens (tertiary/aromatic N) is 4. The summed E-state index contributed by atoms with van der Waals surface area (Å²) in [6.45, 7) is 0.390. The fourth-order valence-corrected chi connectivity index (χ4v) is 4.53. The van der Waals surface area contributed by atoms with Crippen LogP contribution in [0, 0.1) is 0 Å². The van der Waals surface area contributed by atoms with Gasteiger partial charge < -0.3 is 10.2 Å². The van der Waals surface area contributed by atoms with Crippen molar-refractivity contribution in [2.45, 2.75) is 50.7 Å². The van der Waals surface area contributed by atoms with Gasteiger partial charge in [0.1, 0.15) is 6.04 Å². The number of amides is 2. The van der Waals surface area contributed by atoms with Crippen molar-refractivity contribution >= 4 is 23.3 Å². The lowest BCUT2D eigenvalue weighted by molar-refractivity contribution is -0.127. The highest BCUT2D eigenvalue weighted by atomic mass is 32.1. The van der Waals surface area contributed by atoms with E-state index in [1.165, 1.54) is 0 Å². The summed E-state index contributed by atoms with van der Waals surface area (Å²) in [4.78, 5) is 33.0. The van der Waals surface area contributed by atoms with Crippen molar-refractivity contribution < 1.29 is 9.59 Å². The summed E-state index contributed by atoms with van der Waals surface area (Å²) >= 11 is 1.13. The summed E-state index contributed by atoms with van der Waals surface area (Å²) in [5, 5.41) is 8.65. The summed E-state index contributed by atoms with van der Waals surface area (Å²) in [7, 11) is 0. The highest BCUT2D eigenvalue weighted by molar-refractivity contribution is 7.03. The van der Waals surface area contributed by atoms with E-state index in [1.54, 1.807) is 28.7 Å². The summed E-state index contributed by atoms with van der Waals surface area (Å²) < 4.78 is 3.85. The Morgan fingerprint density at radius 1 is 1.10 bits per heavy atom. The molecule has 3 aromatic rings. The molecule has 0 bridgehead atoms. The Balaban J connectivity index is 1.67. The van der Waals surface area contributed by atoms with Crippen LogP contribution in [0.15, 0.2) is 60.2 Å². The molecule has 1 unspecified atom stereocenters. The largest absolute Gasteiger partial charge is 0.350 e. The van der Waals surface area contributed by atoms with E-state index >= 15 is 0 Å². The molecule has 1 aliphatic rings. The van der Waals surface area contributed by atoms with Gasteiger partial charge in [-0.15, -0.1) is 5.10 Å². The smallest absolute Gasteiger partial charge is 0.276 e. The molecule has 0 spiro atoms. The van der Waals surface area contributed by atoms with Crippen LogP contribution in [0.3, 0.4) is 0 Å². The second-order valence-corrected chi connectivity index (χ2v) is 8.30. The van der Waals surface area contributed by atoms with Crippen molar-refractivity contribution in [1.82, 2.24) is 24.8 Å². The van der Waals surface area contributed by atoms with Crippen LogP contribution >= 0.6 is 11.5 Å². The second kappa shape index (κ2) is 10.3. The number of hydrogen-bond donors (Lipinski definition) is 1. The molecule has 2 aromatic heterocycles. The highest BCUT2D eigenvalue weighted by Gasteiger charge is 2.38. The normalized spacial score (nSPS) is 15.2. The zero-order chi connectivity index (χ0) is 21.5. The van der Waals surface area contributed by atoms with Crippen LogP contribution in [0.1, 0.15) is 59.8 Å². The monoisotopic (exact) mass is 435 g/mol. The standard InChI is InChI=1S/C23H25N5O2S/c29-22(25-14-17-8-3-1-4-9-17)21(18-10-7-13-24-15-18)28(19-11-5-2-6-12-19)23(30)20-16-31-27-26-20/h1,3-4,7-10,13,15-16,19,21H,2,5-6,11-12,14H2,(H,25,29). The Labute approximate surface area is 185 Å². The predicted molar refractivity (Wildman–Crippen MR) is 118 cm³/mol. The van der Waals surface area contributed by atoms with Crippen molar-refractivity contribution in [1.29, 1.82) is 0 Å². The Bertz CT molecular complexity index is 976. The molecule has 1 fully saturated rings. The summed E-state index contributed by atoms with van der Waals surface area (Å²) in [6, 6.07) is 12.6. The Morgan fingerprint density at radius 2 is 1.90 bits per heavy atom. The third-order valence-electron chi connectivity index (χ3n) is 5.62. The topological polar surface area (TPSA) is 88.1 Å². The van der Waals surface area contributed by atoms with Gasteiger partial charge in [0.15, 0.2) is 5.69 Å². The van der Waals surface area contributed by atoms with Crippen molar-refractivity contribution in [3.8, 4) is 0 Å². The quantitative estimate of drug-likeness (QED) is 0.610. The van der Waals surface area contributed by atoms with Gasteiger partial charge in [-0.3, -0.25) is 14.6 Å². The van der Waals surface area contributed by atoms with Gasteiger partial charge in [-0.2, -0.15) is 0 Å². The van der Waals surface area contributed by atoms with Gasteiger partial charge in [-0.1, -0.05) is 60.1 Å². The first-order valence-corrected chi connectivity index (χ1v) is 11.4. The molecule has 1 aliphatic carbocycles. The minimum Gasteiger partial charge on any atom is -0.350 e. The molecular weight excluding hydrogens is 410 g/mol. The molecule has 0 saturated heterocycles. The number of benzene rings is 1. The molecule has 31 heavy (non-hydrogen) atoms. The van der Waals surface area contributed by atoms with Gasteiger partial charge in [-0.05, 0) is 36.0 Å². The minimum atomic E-state index is -0.783. The molecule has 2 amide bonds. The molecule has 1 saturated carbocycles. The number of carbonyl (C=O) groups excluding carboxylic acids is 2. The molecule has 160 valence electrons. The van der Waals surface area contributed by atoms with Crippen molar-refractivity contribution in [3.05, 3.63) is 77.1 Å². The first kappa shape index (κ1) is 21.1. The average molecular weight is 436 g/mol. The molecule has 4 rings (SSSR count). The molecule has 0 radical (unpaired) electrons. The maximum Gasteiger partial charge on any atom is 0.276 e. The summed E-state index contributed by atoms with van der Waals surface area (Å²) in [5.74, 6) is -0.483. The fraction of sp³-hybridized carbons (Fsp3) is 0.348. The lowest BCUT2D eigenvalue weighted by Gasteiger charge is -2.39. The van der Waals surface area contributed by atoms with Gasteiger partial charge in [0, 0.05) is 35.9 Å². The van der Waals surface area contributed by atoms with Crippen molar-refractivity contribution in [2.24, 2.45) is 0 Å². The average Bonchev–Trinajstić information content (AvgIpc) is 3.37. The van der Waals surface area contributed by atoms with Crippen LogP contribution in [-0.2, 0) is 11.3 Å². The zero-order valence-electron chi connectivity index (χ0n) is 17.2. The molecule has 0 aliphatic heterocycles. The summed E-state index contributed by atoms with van der Waals surface area (Å²) in [6.07, 6.45) is 8.28. The summed E-state index contributed by atoms with van der Waals surface area (Å²) in [5.41, 5.74) is 1.97. The zero-order valence-corrected chi connectivity index (χ0v) is 18.0. The molecule has 1 atom stereocenters. The van der Waals surface area contributed by atoms with Gasteiger partial charge in [0.25, 0.3) is 5.91 Å². The maximum absolute atomic E-state index is 13.5. The highest BCUT2D eigenvalue weighted by Crippen LogP contribution is 2.32. The van der Waals surface area contributed by atoms with E-state index in [-0.39, 0.29) is 23.6 Å². The van der Waals surface area contributed by atoms with Crippen LogP contribution in [0.2, 0.25) is 0 Å². The molecule has 8 heteroatoms. The Kier molecular flexibility index (Phi) is 6.99. The van der Waals surface area contributed by atoms with Crippen LogP contribution in [0.4, 0.5) is 0 Å². The van der Waals surface area contributed by atoms with E-state index in [0.29, 0.717) is 12.1 Å². The number of pyridine rings is 1. The van der Waals surface area contributed by atoms with Gasteiger partial charge in [-0.25, -0.2) is 0 Å². The van der Waals surface area contributed by atoms with E-state index < -0.39 is 6.04 Å². The van der Waals surface area contributed by atoms with Crippen LogP contribution in [0.5, 0.6) is 0 Å². The fourth-order valence-electron chi connectivity index (χ4n) is 4.10. The number of carbonyl (C=O) groups is 2. The lowest BCUT2D eigenvalue weighted by Crippen LogP contribution is -2.49. The lowest BCUT2D eigenvalue weighted by atomic mass is 9.91. The predicted octanol–water partition coefficient (Wildman–Crippen LogP) is 3.77. The van der Waals surface area contributed by atoms with Crippen molar-refractivity contribution in [2.75, 3.05) is 0 Å². The second-order valence-electron chi connectivity index (χ2n) is 7.69. The molecule has 1 N–H and O–H groups in total. The van der Waals surface area contributed by atoms with E-state index in [4.69, 9.17) is 0 Å². The molecule has 1 aromatic carbocycles. The Hall–Kier alpha value is -3.13. The van der Waals surface area contributed by atoms with Gasteiger partial charge in [0.2, 0.25) is 5.91 Å². The van der Waals surface area contributed by atoms with Gasteiger partial charge in [0.05, 0.1) is 0 Å². The number of hydrogen-bond acceptors (Lipinski definition) is 6. The minimum absolute atomic E-state index is 0.0318. The number of nitrogens with one attached hydrogen (secondary N) is 1. The first-order chi connectivity index (χ1) is 15.2. The van der Waals surface area contributed by atoms with Crippen LogP contribution in [0.25, 0.3) is 0 Å². The first-order valence-electron chi connectivity index (χ1n) is 10.6. The van der Waals surface area contributed by atoms with E-state index in [0.717, 1.165) is 49.2 Å². The van der Waals surface area contributed by atoms with E-state index in [9.17, 15) is 9.59 Å². The SMILES string of the molecule is O=C(NCc1ccccc1)C(c1cccnc1)N(C(=O)c1csnn1)C1CCCCC1. The van der Waals surface area contributed by atoms with E-state index in [2.05, 4.69) is 19.9 Å². The van der Waals surface area contributed by atoms with Crippen molar-refractivity contribution in [3.63, 3.8) is 0 Å². The molecule has 7 nitrogen and oxygen atoms in total. The third kappa shape index (κ3) is 5.14. The van der Waals surface area contributed by atoms with E-state index in [1.807, 2.05) is 36.4 Å². The van der Waals surface area contributed by atoms with Crippen LogP contribution in [-0.4, -0.2) is 37.3 Å². The molecular formula is C23H25N5O2S. The number of rotatable bonds is 7.